The molecule has 16 heavy (non-hydrogen) atoms. The van der Waals surface area contributed by atoms with Gasteiger partial charge in [-0.2, -0.15) is 0 Å². The summed E-state index contributed by atoms with van der Waals surface area (Å²) in [4.78, 5) is 9.85. The van der Waals surface area contributed by atoms with E-state index in [1.165, 1.54) is 18.2 Å². The third-order valence-corrected chi connectivity index (χ3v) is 1.85. The Balaban J connectivity index is 2.72. The number of ether oxygens (including phenoxy) is 1. The molecule has 0 bridgehead atoms. The summed E-state index contributed by atoms with van der Waals surface area (Å²) >= 11 is 0. The second-order valence-corrected chi connectivity index (χ2v) is 3.13. The third kappa shape index (κ3) is 3.07. The second-order valence-electron chi connectivity index (χ2n) is 3.13. The number of nitrogen functional groups attached to an aromatic ring is 1. The molecule has 7 heteroatoms. The van der Waals surface area contributed by atoms with Crippen LogP contribution in [0.3, 0.4) is 0 Å². The maximum atomic E-state index is 10.4. The standard InChI is InChI=1S/C9H12N2O5/c10-8-3-6(11(14)15)1-2-9(8)16-5-7(13)4-12/h1-3,7,12-13H,4-5,10H2. The van der Waals surface area contributed by atoms with E-state index in [-0.39, 0.29) is 23.7 Å². The van der Waals surface area contributed by atoms with E-state index in [1.54, 1.807) is 0 Å². The summed E-state index contributed by atoms with van der Waals surface area (Å²) < 4.78 is 5.07. The molecule has 0 aromatic heterocycles. The van der Waals surface area contributed by atoms with Gasteiger partial charge in [0, 0.05) is 12.1 Å². The summed E-state index contributed by atoms with van der Waals surface area (Å²) in [5.41, 5.74) is 5.49. The summed E-state index contributed by atoms with van der Waals surface area (Å²) in [5, 5.41) is 28.0. The molecule has 88 valence electrons. The van der Waals surface area contributed by atoms with Crippen LogP contribution in [0, 0.1) is 10.1 Å². The molecule has 0 fully saturated rings. The van der Waals surface area contributed by atoms with Gasteiger partial charge >= 0.3 is 0 Å². The number of nitro groups is 1. The Labute approximate surface area is 91.2 Å². The van der Waals surface area contributed by atoms with Crippen LogP contribution in [0.15, 0.2) is 18.2 Å². The van der Waals surface area contributed by atoms with Crippen LogP contribution in [0.5, 0.6) is 5.75 Å². The van der Waals surface area contributed by atoms with Gasteiger partial charge in [0.25, 0.3) is 5.69 Å². The van der Waals surface area contributed by atoms with Gasteiger partial charge in [0.15, 0.2) is 0 Å². The lowest BCUT2D eigenvalue weighted by atomic mass is 10.2. The minimum absolute atomic E-state index is 0.110. The largest absolute Gasteiger partial charge is 0.489 e. The molecule has 4 N–H and O–H groups in total. The van der Waals surface area contributed by atoms with Crippen LogP contribution in [-0.2, 0) is 0 Å². The average molecular weight is 228 g/mol. The van der Waals surface area contributed by atoms with Gasteiger partial charge in [0.2, 0.25) is 0 Å². The molecule has 0 aliphatic rings. The van der Waals surface area contributed by atoms with Crippen molar-refractivity contribution in [3.63, 3.8) is 0 Å². The first-order chi connectivity index (χ1) is 7.54. The number of aliphatic hydroxyl groups is 2. The predicted octanol–water partition coefficient (Wildman–Crippen LogP) is -0.0910. The van der Waals surface area contributed by atoms with E-state index in [2.05, 4.69) is 0 Å². The number of benzene rings is 1. The number of nitrogens with zero attached hydrogens (tertiary/aromatic N) is 1. The summed E-state index contributed by atoms with van der Waals surface area (Å²) in [6.07, 6.45) is -1.01. The third-order valence-electron chi connectivity index (χ3n) is 1.85. The smallest absolute Gasteiger partial charge is 0.271 e. The molecule has 1 aromatic rings. The number of rotatable bonds is 5. The molecule has 0 spiro atoms. The van der Waals surface area contributed by atoms with Crippen molar-refractivity contribution in [2.75, 3.05) is 18.9 Å². The number of nitrogens with two attached hydrogens (primary N) is 1. The lowest BCUT2D eigenvalue weighted by Gasteiger charge is -2.11. The molecule has 0 heterocycles. The number of aliphatic hydroxyl groups excluding tert-OH is 2. The fourth-order valence-electron chi connectivity index (χ4n) is 1.02. The molecule has 0 amide bonds. The summed E-state index contributed by atoms with van der Waals surface area (Å²) in [7, 11) is 0. The zero-order valence-electron chi connectivity index (χ0n) is 8.37. The average Bonchev–Trinajstić information content (AvgIpc) is 2.26. The van der Waals surface area contributed by atoms with Crippen LogP contribution in [0.2, 0.25) is 0 Å². The normalized spacial score (nSPS) is 12.1. The highest BCUT2D eigenvalue weighted by Crippen LogP contribution is 2.26. The van der Waals surface area contributed by atoms with Crippen LogP contribution in [0.25, 0.3) is 0 Å². The Hall–Kier alpha value is -1.86. The van der Waals surface area contributed by atoms with Gasteiger partial charge in [-0.15, -0.1) is 0 Å². The van der Waals surface area contributed by atoms with Crippen molar-refractivity contribution in [1.82, 2.24) is 0 Å². The van der Waals surface area contributed by atoms with Crippen LogP contribution in [0.4, 0.5) is 11.4 Å². The molecular formula is C9H12N2O5. The van der Waals surface area contributed by atoms with Gasteiger partial charge in [0.05, 0.1) is 17.2 Å². The molecule has 0 radical (unpaired) electrons. The Bertz CT molecular complexity index is 382. The van der Waals surface area contributed by atoms with Gasteiger partial charge in [-0.05, 0) is 6.07 Å². The topological polar surface area (TPSA) is 119 Å². The second kappa shape index (κ2) is 5.29. The van der Waals surface area contributed by atoms with Crippen LogP contribution < -0.4 is 10.5 Å². The van der Waals surface area contributed by atoms with Crippen LogP contribution in [0.1, 0.15) is 0 Å². The molecule has 7 nitrogen and oxygen atoms in total. The van der Waals surface area contributed by atoms with Gasteiger partial charge in [-0.3, -0.25) is 10.1 Å². The Morgan fingerprint density at radius 1 is 1.56 bits per heavy atom. The van der Waals surface area contributed by atoms with Crippen molar-refractivity contribution in [3.8, 4) is 5.75 Å². The van der Waals surface area contributed by atoms with Crippen LogP contribution in [-0.4, -0.2) is 34.5 Å². The fraction of sp³-hybridized carbons (Fsp3) is 0.333. The van der Waals surface area contributed by atoms with Gasteiger partial charge in [-0.1, -0.05) is 0 Å². The number of hydrogen-bond donors (Lipinski definition) is 3. The monoisotopic (exact) mass is 228 g/mol. The Morgan fingerprint density at radius 2 is 2.25 bits per heavy atom. The zero-order valence-corrected chi connectivity index (χ0v) is 8.37. The molecule has 1 aromatic carbocycles. The van der Waals surface area contributed by atoms with Crippen LogP contribution >= 0.6 is 0 Å². The molecule has 0 aliphatic carbocycles. The minimum atomic E-state index is -1.01. The van der Waals surface area contributed by atoms with E-state index in [4.69, 9.17) is 20.7 Å². The van der Waals surface area contributed by atoms with E-state index in [9.17, 15) is 10.1 Å². The van der Waals surface area contributed by atoms with E-state index in [1.807, 2.05) is 0 Å². The SMILES string of the molecule is Nc1cc([N+](=O)[O-])ccc1OCC(O)CO. The van der Waals surface area contributed by atoms with E-state index >= 15 is 0 Å². The van der Waals surface area contributed by atoms with Crippen molar-refractivity contribution < 1.29 is 19.9 Å². The summed E-state index contributed by atoms with van der Waals surface area (Å²) in [5.74, 6) is 0.234. The first-order valence-corrected chi connectivity index (χ1v) is 4.50. The van der Waals surface area contributed by atoms with Crippen molar-refractivity contribution in [2.24, 2.45) is 0 Å². The number of non-ortho nitro benzene ring substituents is 1. The molecule has 0 saturated heterocycles. The predicted molar refractivity (Wildman–Crippen MR) is 56.1 cm³/mol. The fourth-order valence-corrected chi connectivity index (χ4v) is 1.02. The maximum absolute atomic E-state index is 10.4. The highest BCUT2D eigenvalue weighted by molar-refractivity contribution is 5.58. The summed E-state index contributed by atoms with van der Waals surface area (Å²) in [6.45, 7) is -0.550. The molecule has 1 rings (SSSR count). The van der Waals surface area contributed by atoms with Crippen molar-refractivity contribution in [3.05, 3.63) is 28.3 Å². The lowest BCUT2D eigenvalue weighted by molar-refractivity contribution is -0.384. The van der Waals surface area contributed by atoms with E-state index < -0.39 is 17.6 Å². The quantitative estimate of drug-likeness (QED) is 0.368. The van der Waals surface area contributed by atoms with Gasteiger partial charge in [0.1, 0.15) is 18.5 Å². The summed E-state index contributed by atoms with van der Waals surface area (Å²) in [6, 6.07) is 3.76. The molecular weight excluding hydrogens is 216 g/mol. The number of nitro benzene ring substituents is 1. The highest BCUT2D eigenvalue weighted by Gasteiger charge is 2.10. The van der Waals surface area contributed by atoms with Crippen molar-refractivity contribution in [2.45, 2.75) is 6.10 Å². The van der Waals surface area contributed by atoms with Crippen molar-refractivity contribution >= 4 is 11.4 Å². The van der Waals surface area contributed by atoms with E-state index in [0.29, 0.717) is 0 Å². The molecule has 1 atom stereocenters. The number of anilines is 1. The highest BCUT2D eigenvalue weighted by atomic mass is 16.6. The lowest BCUT2D eigenvalue weighted by Crippen LogP contribution is -2.21. The number of hydrogen-bond acceptors (Lipinski definition) is 6. The molecule has 1 unspecified atom stereocenters. The minimum Gasteiger partial charge on any atom is -0.489 e. The molecule has 0 aliphatic heterocycles. The first kappa shape index (κ1) is 12.2. The maximum Gasteiger partial charge on any atom is 0.271 e. The van der Waals surface area contributed by atoms with E-state index in [0.717, 1.165) is 0 Å². The Morgan fingerprint density at radius 3 is 2.75 bits per heavy atom. The van der Waals surface area contributed by atoms with Gasteiger partial charge in [-0.25, -0.2) is 0 Å². The van der Waals surface area contributed by atoms with Gasteiger partial charge < -0.3 is 20.7 Å². The zero-order chi connectivity index (χ0) is 12.1. The Kier molecular flexibility index (Phi) is 4.03. The molecule has 0 saturated carbocycles. The van der Waals surface area contributed by atoms with Crippen molar-refractivity contribution in [1.29, 1.82) is 0 Å². The first-order valence-electron chi connectivity index (χ1n) is 4.50.